The van der Waals surface area contributed by atoms with Crippen LogP contribution in [-0.4, -0.2) is 31.3 Å². The summed E-state index contributed by atoms with van der Waals surface area (Å²) in [6.45, 7) is 8.47. The van der Waals surface area contributed by atoms with E-state index in [1.54, 1.807) is 29.5 Å². The third-order valence-corrected chi connectivity index (χ3v) is 7.17. The van der Waals surface area contributed by atoms with Crippen molar-refractivity contribution in [3.05, 3.63) is 87.1 Å². The number of hydrogen-bond donors (Lipinski definition) is 1. The van der Waals surface area contributed by atoms with Gasteiger partial charge in [0.25, 0.3) is 5.69 Å². The molecule has 0 fully saturated rings. The van der Waals surface area contributed by atoms with E-state index in [9.17, 15) is 14.9 Å². The Morgan fingerprint density at radius 1 is 1.20 bits per heavy atom. The van der Waals surface area contributed by atoms with Crippen LogP contribution in [0.2, 0.25) is 0 Å². The first-order chi connectivity index (χ1) is 16.9. The average Bonchev–Trinajstić information content (AvgIpc) is 3.41. The molecule has 2 aromatic heterocycles. The Balaban J connectivity index is 1.58. The third kappa shape index (κ3) is 5.33. The number of aromatic nitrogens is 3. The summed E-state index contributed by atoms with van der Waals surface area (Å²) in [5, 5.41) is 25.2. The summed E-state index contributed by atoms with van der Waals surface area (Å²) >= 11 is 2.87. The fourth-order valence-corrected chi connectivity index (χ4v) is 5.25. The molecule has 0 aliphatic carbocycles. The maximum atomic E-state index is 12.5. The Morgan fingerprint density at radius 2 is 1.94 bits per heavy atom. The number of para-hydroxylation sites is 2. The summed E-state index contributed by atoms with van der Waals surface area (Å²) in [6.07, 6.45) is 1.76. The van der Waals surface area contributed by atoms with Crippen LogP contribution in [0, 0.1) is 24.0 Å². The summed E-state index contributed by atoms with van der Waals surface area (Å²) in [5.74, 6) is 0.353. The lowest BCUT2D eigenvalue weighted by Crippen LogP contribution is -2.15. The zero-order chi connectivity index (χ0) is 24.9. The van der Waals surface area contributed by atoms with Crippen LogP contribution in [-0.2, 0) is 11.3 Å². The van der Waals surface area contributed by atoms with Gasteiger partial charge in [-0.3, -0.25) is 19.5 Å². The number of nitro groups is 1. The van der Waals surface area contributed by atoms with Gasteiger partial charge in [0.05, 0.1) is 10.7 Å². The van der Waals surface area contributed by atoms with Gasteiger partial charge < -0.3 is 5.32 Å². The van der Waals surface area contributed by atoms with Gasteiger partial charge in [0.2, 0.25) is 5.91 Å². The number of hydrogen-bond acceptors (Lipinski definition) is 7. The molecule has 1 amide bonds. The minimum Gasteiger partial charge on any atom is -0.320 e. The molecule has 0 atom stereocenters. The van der Waals surface area contributed by atoms with Crippen molar-refractivity contribution in [2.45, 2.75) is 25.5 Å². The molecule has 8 nitrogen and oxygen atoms in total. The monoisotopic (exact) mass is 505 g/mol. The van der Waals surface area contributed by atoms with E-state index in [4.69, 9.17) is 0 Å². The number of thioether (sulfide) groups is 1. The Hall–Kier alpha value is -3.76. The van der Waals surface area contributed by atoms with E-state index in [1.807, 2.05) is 4.57 Å². The van der Waals surface area contributed by atoms with Crippen molar-refractivity contribution in [1.29, 1.82) is 0 Å². The Bertz CT molecular complexity index is 1390. The quantitative estimate of drug-likeness (QED) is 0.127. The summed E-state index contributed by atoms with van der Waals surface area (Å²) in [6, 6.07) is 14.4. The van der Waals surface area contributed by atoms with Crippen LogP contribution in [0.25, 0.3) is 22.5 Å². The van der Waals surface area contributed by atoms with Gasteiger partial charge in [-0.2, -0.15) is 0 Å². The van der Waals surface area contributed by atoms with Gasteiger partial charge in [0.15, 0.2) is 11.0 Å². The van der Waals surface area contributed by atoms with Crippen LogP contribution >= 0.6 is 23.1 Å². The van der Waals surface area contributed by atoms with Gasteiger partial charge in [-0.25, -0.2) is 0 Å². The molecule has 0 radical (unpaired) electrons. The molecule has 0 unspecified atom stereocenters. The Kier molecular flexibility index (Phi) is 7.42. The molecule has 0 aliphatic rings. The summed E-state index contributed by atoms with van der Waals surface area (Å²) in [5.41, 5.74) is 4.39. The molecule has 0 spiro atoms. The first-order valence-electron chi connectivity index (χ1n) is 10.7. The van der Waals surface area contributed by atoms with Gasteiger partial charge in [0, 0.05) is 34.0 Å². The van der Waals surface area contributed by atoms with Crippen molar-refractivity contribution in [1.82, 2.24) is 14.8 Å². The van der Waals surface area contributed by atoms with Gasteiger partial charge in [-0.15, -0.1) is 28.1 Å². The van der Waals surface area contributed by atoms with Gasteiger partial charge in [-0.1, -0.05) is 59.8 Å². The predicted molar refractivity (Wildman–Crippen MR) is 141 cm³/mol. The summed E-state index contributed by atoms with van der Waals surface area (Å²) in [7, 11) is 0. The fraction of sp³-hybridized carbons (Fsp3) is 0.160. The van der Waals surface area contributed by atoms with Crippen molar-refractivity contribution in [2.75, 3.05) is 11.1 Å². The number of thiophene rings is 1. The molecule has 0 aliphatic heterocycles. The lowest BCUT2D eigenvalue weighted by Gasteiger charge is -2.10. The molecule has 35 heavy (non-hydrogen) atoms. The smallest absolute Gasteiger partial charge is 0.292 e. The minimum absolute atomic E-state index is 0.0226. The Labute approximate surface area is 210 Å². The third-order valence-electron chi connectivity index (χ3n) is 5.29. The summed E-state index contributed by atoms with van der Waals surface area (Å²) < 4.78 is 1.93. The van der Waals surface area contributed by atoms with Crippen LogP contribution < -0.4 is 5.32 Å². The molecule has 2 aromatic carbocycles. The van der Waals surface area contributed by atoms with Crippen molar-refractivity contribution >= 4 is 40.4 Å². The van der Waals surface area contributed by atoms with Crippen LogP contribution in [0.5, 0.6) is 0 Å². The SMILES string of the molecule is C=CCn1c(SCC(=O)Nc2ccccc2[N+](=O)[O-])nnc1-c1csc(C)c1-c1ccc(C)cc1. The van der Waals surface area contributed by atoms with Crippen LogP contribution in [0.4, 0.5) is 11.4 Å². The van der Waals surface area contributed by atoms with Crippen molar-refractivity contribution in [3.63, 3.8) is 0 Å². The number of nitrogens with one attached hydrogen (secondary N) is 1. The lowest BCUT2D eigenvalue weighted by atomic mass is 10.0. The van der Waals surface area contributed by atoms with Crippen molar-refractivity contribution in [2.24, 2.45) is 0 Å². The molecule has 10 heteroatoms. The fourth-order valence-electron chi connectivity index (χ4n) is 3.64. The summed E-state index contributed by atoms with van der Waals surface area (Å²) in [4.78, 5) is 24.4. The highest BCUT2D eigenvalue weighted by atomic mass is 32.2. The van der Waals surface area contributed by atoms with E-state index in [2.05, 4.69) is 65.6 Å². The zero-order valence-corrected chi connectivity index (χ0v) is 20.9. The maximum Gasteiger partial charge on any atom is 0.292 e. The number of anilines is 1. The molecular weight excluding hydrogens is 482 g/mol. The second-order valence-corrected chi connectivity index (χ2v) is 9.79. The van der Waals surface area contributed by atoms with Gasteiger partial charge >= 0.3 is 0 Å². The number of nitro benzene ring substituents is 1. The van der Waals surface area contributed by atoms with Crippen molar-refractivity contribution < 1.29 is 9.72 Å². The Morgan fingerprint density at radius 3 is 2.66 bits per heavy atom. The largest absolute Gasteiger partial charge is 0.320 e. The molecule has 178 valence electrons. The number of carbonyl (C=O) groups excluding carboxylic acids is 1. The van der Waals surface area contributed by atoms with E-state index in [-0.39, 0.29) is 23.0 Å². The number of benzene rings is 2. The first-order valence-corrected chi connectivity index (χ1v) is 12.6. The van der Waals surface area contributed by atoms with Gasteiger partial charge in [0.1, 0.15) is 5.69 Å². The van der Waals surface area contributed by atoms with E-state index >= 15 is 0 Å². The molecule has 0 saturated heterocycles. The molecule has 4 aromatic rings. The number of amides is 1. The first kappa shape index (κ1) is 24.4. The van der Waals surface area contributed by atoms with Crippen LogP contribution in [0.15, 0.2) is 71.7 Å². The molecule has 4 rings (SSSR count). The molecule has 0 saturated carbocycles. The second-order valence-electron chi connectivity index (χ2n) is 7.76. The predicted octanol–water partition coefficient (Wildman–Crippen LogP) is 6.12. The van der Waals surface area contributed by atoms with E-state index < -0.39 is 4.92 Å². The highest BCUT2D eigenvalue weighted by Crippen LogP contribution is 2.39. The highest BCUT2D eigenvalue weighted by Gasteiger charge is 2.21. The van der Waals surface area contributed by atoms with Crippen LogP contribution in [0.1, 0.15) is 10.4 Å². The molecule has 0 bridgehead atoms. The highest BCUT2D eigenvalue weighted by molar-refractivity contribution is 7.99. The number of carbonyl (C=O) groups is 1. The average molecular weight is 506 g/mol. The number of nitrogens with zero attached hydrogens (tertiary/aromatic N) is 4. The van der Waals surface area contributed by atoms with Crippen molar-refractivity contribution in [3.8, 4) is 22.5 Å². The topological polar surface area (TPSA) is 103 Å². The standard InChI is InChI=1S/C25H23N5O3S2/c1-4-13-29-24(19-14-34-17(3)23(19)18-11-9-16(2)10-12-18)27-28-25(29)35-15-22(31)26-20-7-5-6-8-21(20)30(32)33/h4-12,14H,1,13,15H2,2-3H3,(H,26,31). The van der Waals surface area contributed by atoms with Gasteiger partial charge in [-0.05, 0) is 25.5 Å². The van der Waals surface area contributed by atoms with E-state index in [0.29, 0.717) is 17.5 Å². The molecule has 2 heterocycles. The number of rotatable bonds is 9. The maximum absolute atomic E-state index is 12.5. The number of allylic oxidation sites excluding steroid dienone is 1. The number of aryl methyl sites for hydroxylation is 2. The van der Waals surface area contributed by atoms with Crippen LogP contribution in [0.3, 0.4) is 0 Å². The lowest BCUT2D eigenvalue weighted by molar-refractivity contribution is -0.383. The second kappa shape index (κ2) is 10.7. The molecular formula is C25H23N5O3S2. The van der Waals surface area contributed by atoms with E-state index in [1.165, 1.54) is 34.3 Å². The molecule has 1 N–H and O–H groups in total. The zero-order valence-electron chi connectivity index (χ0n) is 19.2. The minimum atomic E-state index is -0.524. The van der Waals surface area contributed by atoms with E-state index in [0.717, 1.165) is 16.7 Å². The normalized spacial score (nSPS) is 10.8.